The SMILES string of the molecule is CC(SCCCCCN1C(=O)c2ccccc2C1=C1CCC1)=C1CCC1. The first kappa shape index (κ1) is 17.9. The molecule has 138 valence electrons. The molecule has 2 aliphatic carbocycles. The van der Waals surface area contributed by atoms with Gasteiger partial charge in [0.25, 0.3) is 5.91 Å². The average molecular weight is 368 g/mol. The summed E-state index contributed by atoms with van der Waals surface area (Å²) in [6.45, 7) is 3.16. The van der Waals surface area contributed by atoms with Crippen LogP contribution in [0.25, 0.3) is 5.70 Å². The zero-order valence-electron chi connectivity index (χ0n) is 15.9. The smallest absolute Gasteiger partial charge is 0.258 e. The zero-order chi connectivity index (χ0) is 17.9. The summed E-state index contributed by atoms with van der Waals surface area (Å²) in [4.78, 5) is 16.5. The molecular weight excluding hydrogens is 338 g/mol. The second-order valence-corrected chi connectivity index (χ2v) is 9.04. The summed E-state index contributed by atoms with van der Waals surface area (Å²) in [7, 11) is 0. The van der Waals surface area contributed by atoms with Crippen molar-refractivity contribution in [1.82, 2.24) is 4.90 Å². The van der Waals surface area contributed by atoms with Crippen molar-refractivity contribution in [3.8, 4) is 0 Å². The Bertz CT molecular complexity index is 749. The predicted octanol–water partition coefficient (Wildman–Crippen LogP) is 6.40. The Morgan fingerprint density at radius 1 is 1.00 bits per heavy atom. The third kappa shape index (κ3) is 3.51. The Kier molecular flexibility index (Phi) is 5.54. The van der Waals surface area contributed by atoms with E-state index in [0.717, 1.165) is 31.4 Å². The minimum Gasteiger partial charge on any atom is -0.308 e. The number of thioether (sulfide) groups is 1. The molecule has 0 spiro atoms. The quantitative estimate of drug-likeness (QED) is 0.520. The first-order valence-electron chi connectivity index (χ1n) is 10.2. The van der Waals surface area contributed by atoms with Gasteiger partial charge in [-0.05, 0) is 80.6 Å². The van der Waals surface area contributed by atoms with Crippen LogP contribution in [-0.4, -0.2) is 23.1 Å². The van der Waals surface area contributed by atoms with Crippen LogP contribution in [0.3, 0.4) is 0 Å². The van der Waals surface area contributed by atoms with Gasteiger partial charge in [0.1, 0.15) is 0 Å². The zero-order valence-corrected chi connectivity index (χ0v) is 16.7. The number of hydrogen-bond donors (Lipinski definition) is 0. The van der Waals surface area contributed by atoms with Crippen molar-refractivity contribution in [2.45, 2.75) is 64.7 Å². The van der Waals surface area contributed by atoms with Crippen molar-refractivity contribution in [2.24, 2.45) is 0 Å². The van der Waals surface area contributed by atoms with Gasteiger partial charge in [-0.15, -0.1) is 11.8 Å². The summed E-state index contributed by atoms with van der Waals surface area (Å²) in [5, 5.41) is 0. The molecule has 0 radical (unpaired) electrons. The van der Waals surface area contributed by atoms with Crippen LogP contribution < -0.4 is 0 Å². The first-order chi connectivity index (χ1) is 12.8. The van der Waals surface area contributed by atoms with Gasteiger partial charge in [-0.2, -0.15) is 0 Å². The molecule has 0 N–H and O–H groups in total. The lowest BCUT2D eigenvalue weighted by Gasteiger charge is -2.26. The average Bonchev–Trinajstić information content (AvgIpc) is 2.81. The summed E-state index contributed by atoms with van der Waals surface area (Å²) in [5.41, 5.74) is 6.50. The third-order valence-corrected chi connectivity index (χ3v) is 7.23. The van der Waals surface area contributed by atoms with E-state index in [9.17, 15) is 4.79 Å². The second-order valence-electron chi connectivity index (χ2n) is 7.73. The fourth-order valence-corrected chi connectivity index (χ4v) is 5.10. The Hall–Kier alpha value is -1.48. The van der Waals surface area contributed by atoms with E-state index in [1.807, 2.05) is 23.9 Å². The van der Waals surface area contributed by atoms with E-state index < -0.39 is 0 Å². The van der Waals surface area contributed by atoms with Crippen molar-refractivity contribution < 1.29 is 4.79 Å². The molecule has 26 heavy (non-hydrogen) atoms. The highest BCUT2D eigenvalue weighted by molar-refractivity contribution is 8.03. The topological polar surface area (TPSA) is 20.3 Å². The highest BCUT2D eigenvalue weighted by atomic mass is 32.2. The Balaban J connectivity index is 1.30. The molecule has 2 fully saturated rings. The largest absolute Gasteiger partial charge is 0.308 e. The second kappa shape index (κ2) is 8.04. The van der Waals surface area contributed by atoms with Gasteiger partial charge in [-0.1, -0.05) is 30.2 Å². The predicted molar refractivity (Wildman–Crippen MR) is 111 cm³/mol. The monoisotopic (exact) mass is 367 g/mol. The molecule has 1 aromatic carbocycles. The Labute approximate surface area is 161 Å². The fraction of sp³-hybridized carbons (Fsp3) is 0.522. The van der Waals surface area contributed by atoms with Crippen molar-refractivity contribution in [3.63, 3.8) is 0 Å². The van der Waals surface area contributed by atoms with Crippen molar-refractivity contribution in [3.05, 3.63) is 51.4 Å². The summed E-state index contributed by atoms with van der Waals surface area (Å²) in [6.07, 6.45) is 11.2. The van der Waals surface area contributed by atoms with Crippen molar-refractivity contribution >= 4 is 23.4 Å². The van der Waals surface area contributed by atoms with Gasteiger partial charge < -0.3 is 4.90 Å². The van der Waals surface area contributed by atoms with Crippen molar-refractivity contribution in [2.75, 3.05) is 12.3 Å². The van der Waals surface area contributed by atoms with Gasteiger partial charge in [0, 0.05) is 17.7 Å². The number of amides is 1. The summed E-state index contributed by atoms with van der Waals surface area (Å²) >= 11 is 2.04. The maximum atomic E-state index is 12.9. The first-order valence-corrected chi connectivity index (χ1v) is 11.2. The van der Waals surface area contributed by atoms with E-state index in [2.05, 4.69) is 24.0 Å². The molecule has 1 amide bonds. The molecule has 0 atom stereocenters. The standard InChI is InChI=1S/C23H29NOS/c1-17(18-9-7-10-18)26-16-6-2-5-15-24-22(19-11-8-12-19)20-13-3-4-14-21(20)23(24)25/h3-4,13-14H,2,5-12,15-16H2,1H3. The molecule has 1 heterocycles. The summed E-state index contributed by atoms with van der Waals surface area (Å²) in [5.74, 6) is 1.44. The van der Waals surface area contributed by atoms with E-state index in [0.29, 0.717) is 0 Å². The molecule has 0 bridgehead atoms. The van der Waals surface area contributed by atoms with Crippen LogP contribution in [0, 0.1) is 0 Å². The summed E-state index contributed by atoms with van der Waals surface area (Å²) < 4.78 is 0. The third-order valence-electron chi connectivity index (χ3n) is 6.02. The molecule has 3 heteroatoms. The van der Waals surface area contributed by atoms with Crippen LogP contribution in [0.1, 0.15) is 80.6 Å². The Morgan fingerprint density at radius 3 is 2.38 bits per heavy atom. The number of unbranched alkanes of at least 4 members (excludes halogenated alkanes) is 2. The number of allylic oxidation sites excluding steroid dienone is 3. The van der Waals surface area contributed by atoms with E-state index in [1.165, 1.54) is 61.1 Å². The lowest BCUT2D eigenvalue weighted by Crippen LogP contribution is -2.26. The van der Waals surface area contributed by atoms with Crippen LogP contribution in [0.4, 0.5) is 0 Å². The van der Waals surface area contributed by atoms with E-state index in [4.69, 9.17) is 0 Å². The van der Waals surface area contributed by atoms with E-state index in [-0.39, 0.29) is 5.91 Å². The number of carbonyl (C=O) groups is 1. The summed E-state index contributed by atoms with van der Waals surface area (Å²) in [6, 6.07) is 8.16. The van der Waals surface area contributed by atoms with Gasteiger partial charge in [-0.3, -0.25) is 4.79 Å². The van der Waals surface area contributed by atoms with Crippen LogP contribution in [0.2, 0.25) is 0 Å². The Morgan fingerprint density at radius 2 is 1.73 bits per heavy atom. The normalized spacial score (nSPS) is 18.7. The maximum Gasteiger partial charge on any atom is 0.258 e. The number of fused-ring (bicyclic) bond motifs is 1. The highest BCUT2D eigenvalue weighted by Crippen LogP contribution is 2.41. The minimum atomic E-state index is 0.218. The molecule has 2 nitrogen and oxygen atoms in total. The van der Waals surface area contributed by atoms with Crippen LogP contribution in [0.5, 0.6) is 0 Å². The number of rotatable bonds is 7. The molecular formula is C23H29NOS. The highest BCUT2D eigenvalue weighted by Gasteiger charge is 2.34. The number of benzene rings is 1. The van der Waals surface area contributed by atoms with E-state index in [1.54, 1.807) is 10.5 Å². The number of nitrogens with zero attached hydrogens (tertiary/aromatic N) is 1. The van der Waals surface area contributed by atoms with Crippen LogP contribution in [0.15, 0.2) is 40.3 Å². The fourth-order valence-electron chi connectivity index (χ4n) is 4.04. The molecule has 1 aromatic rings. The maximum absolute atomic E-state index is 12.9. The molecule has 1 aliphatic heterocycles. The lowest BCUT2D eigenvalue weighted by atomic mass is 9.88. The van der Waals surface area contributed by atoms with Gasteiger partial charge >= 0.3 is 0 Å². The van der Waals surface area contributed by atoms with Crippen LogP contribution in [-0.2, 0) is 0 Å². The minimum absolute atomic E-state index is 0.218. The van der Waals surface area contributed by atoms with E-state index >= 15 is 0 Å². The van der Waals surface area contributed by atoms with Gasteiger partial charge in [0.15, 0.2) is 0 Å². The van der Waals surface area contributed by atoms with Gasteiger partial charge in [0.2, 0.25) is 0 Å². The van der Waals surface area contributed by atoms with Crippen LogP contribution >= 0.6 is 11.8 Å². The molecule has 0 unspecified atom stereocenters. The molecule has 2 saturated carbocycles. The molecule has 0 saturated heterocycles. The van der Waals surface area contributed by atoms with Gasteiger partial charge in [0.05, 0.1) is 5.70 Å². The molecule has 4 rings (SSSR count). The molecule has 3 aliphatic rings. The molecule has 0 aromatic heterocycles. The number of carbonyl (C=O) groups excluding carboxylic acids is 1. The lowest BCUT2D eigenvalue weighted by molar-refractivity contribution is 0.0847. The van der Waals surface area contributed by atoms with Gasteiger partial charge in [-0.25, -0.2) is 0 Å². The van der Waals surface area contributed by atoms with Crippen molar-refractivity contribution in [1.29, 1.82) is 0 Å². The number of hydrogen-bond acceptors (Lipinski definition) is 2.